The van der Waals surface area contributed by atoms with Crippen LogP contribution in [0.15, 0.2) is 18.2 Å². The van der Waals surface area contributed by atoms with E-state index in [9.17, 15) is 4.39 Å². The van der Waals surface area contributed by atoms with Gasteiger partial charge in [-0.2, -0.15) is 0 Å². The van der Waals surface area contributed by atoms with Crippen LogP contribution in [-0.4, -0.2) is 10.5 Å². The normalized spacial score (nSPS) is 17.3. The Morgan fingerprint density at radius 1 is 1.53 bits per heavy atom. The van der Waals surface area contributed by atoms with Gasteiger partial charge in [0.15, 0.2) is 0 Å². The quantitative estimate of drug-likeness (QED) is 0.808. The van der Waals surface area contributed by atoms with Gasteiger partial charge in [0.2, 0.25) is 0 Å². The summed E-state index contributed by atoms with van der Waals surface area (Å²) in [4.78, 5) is 0.0999. The molecule has 17 heavy (non-hydrogen) atoms. The average molecular weight is 252 g/mol. The first kappa shape index (κ1) is 12.3. The molecular formula is C13H17FN2S. The Bertz CT molecular complexity index is 436. The summed E-state index contributed by atoms with van der Waals surface area (Å²) >= 11 is 4.78. The molecule has 0 bridgehead atoms. The number of halogens is 1. The number of hydrogen-bond donors (Lipinski definition) is 2. The van der Waals surface area contributed by atoms with E-state index in [-0.39, 0.29) is 16.3 Å². The van der Waals surface area contributed by atoms with Crippen LogP contribution in [-0.2, 0) is 0 Å². The van der Waals surface area contributed by atoms with Crippen LogP contribution in [0.5, 0.6) is 0 Å². The number of benzene rings is 1. The summed E-state index contributed by atoms with van der Waals surface area (Å²) < 4.78 is 13.7. The fraction of sp³-hybridized carbons (Fsp3) is 0.462. The van der Waals surface area contributed by atoms with Crippen LogP contribution < -0.4 is 11.1 Å². The summed E-state index contributed by atoms with van der Waals surface area (Å²) in [5.74, 6) is -0.354. The van der Waals surface area contributed by atoms with Gasteiger partial charge in [0.1, 0.15) is 10.8 Å². The van der Waals surface area contributed by atoms with Crippen molar-refractivity contribution >= 4 is 22.9 Å². The Balaban J connectivity index is 2.17. The molecule has 0 spiro atoms. The molecule has 0 unspecified atom stereocenters. The Morgan fingerprint density at radius 2 is 2.24 bits per heavy atom. The number of hydrogen-bond acceptors (Lipinski definition) is 2. The Labute approximate surface area is 106 Å². The topological polar surface area (TPSA) is 38.0 Å². The van der Waals surface area contributed by atoms with E-state index in [4.69, 9.17) is 18.0 Å². The molecular weight excluding hydrogens is 235 g/mol. The highest BCUT2D eigenvalue weighted by molar-refractivity contribution is 7.80. The maximum absolute atomic E-state index is 13.7. The first-order valence-corrected chi connectivity index (χ1v) is 6.35. The van der Waals surface area contributed by atoms with Crippen molar-refractivity contribution in [3.63, 3.8) is 0 Å². The average Bonchev–Trinajstić information content (AvgIpc) is 2.23. The van der Waals surface area contributed by atoms with Gasteiger partial charge < -0.3 is 11.1 Å². The van der Waals surface area contributed by atoms with Crippen LogP contribution in [0, 0.1) is 5.82 Å². The highest BCUT2D eigenvalue weighted by Gasteiger charge is 2.34. The first-order chi connectivity index (χ1) is 8.06. The van der Waals surface area contributed by atoms with Crippen molar-refractivity contribution in [1.82, 2.24) is 0 Å². The van der Waals surface area contributed by atoms with E-state index in [0.29, 0.717) is 5.56 Å². The minimum absolute atomic E-state index is 0.0999. The van der Waals surface area contributed by atoms with Gasteiger partial charge in [-0.05, 0) is 43.9 Å². The minimum Gasteiger partial charge on any atom is -0.389 e. The first-order valence-electron chi connectivity index (χ1n) is 5.94. The van der Waals surface area contributed by atoms with Gasteiger partial charge in [-0.25, -0.2) is 4.39 Å². The molecule has 4 heteroatoms. The van der Waals surface area contributed by atoms with Crippen molar-refractivity contribution in [1.29, 1.82) is 0 Å². The lowest BCUT2D eigenvalue weighted by molar-refractivity contribution is 0.269. The second kappa shape index (κ2) is 4.61. The number of nitrogens with one attached hydrogen (secondary N) is 1. The van der Waals surface area contributed by atoms with Crippen LogP contribution >= 0.6 is 12.2 Å². The number of anilines is 1. The third-order valence-electron chi connectivity index (χ3n) is 3.63. The fourth-order valence-corrected chi connectivity index (χ4v) is 2.43. The van der Waals surface area contributed by atoms with Crippen molar-refractivity contribution in [3.8, 4) is 0 Å². The molecule has 1 aromatic carbocycles. The lowest BCUT2D eigenvalue weighted by Crippen LogP contribution is -2.44. The Morgan fingerprint density at radius 3 is 2.65 bits per heavy atom. The molecule has 0 radical (unpaired) electrons. The number of rotatable bonds is 4. The van der Waals surface area contributed by atoms with E-state index in [1.165, 1.54) is 12.5 Å². The van der Waals surface area contributed by atoms with Crippen LogP contribution in [0.25, 0.3) is 0 Å². The summed E-state index contributed by atoms with van der Waals surface area (Å²) in [6.07, 6.45) is 4.62. The molecule has 0 atom stereocenters. The third kappa shape index (κ3) is 2.41. The molecule has 0 saturated heterocycles. The SMILES string of the molecule is CCC1(Nc2ccc(C(N)=S)c(F)c2)CCC1. The van der Waals surface area contributed by atoms with Crippen molar-refractivity contribution in [2.45, 2.75) is 38.1 Å². The lowest BCUT2D eigenvalue weighted by atomic mass is 9.74. The summed E-state index contributed by atoms with van der Waals surface area (Å²) in [6.45, 7) is 2.16. The standard InChI is InChI=1S/C13H17FN2S/c1-2-13(6-3-7-13)16-9-4-5-10(12(15)17)11(14)8-9/h4-5,8,16H,2-3,6-7H2,1H3,(H2,15,17). The second-order valence-corrected chi connectivity index (χ2v) is 5.11. The van der Waals surface area contributed by atoms with Gasteiger partial charge in [0.05, 0.1) is 0 Å². The zero-order valence-corrected chi connectivity index (χ0v) is 10.7. The molecule has 92 valence electrons. The van der Waals surface area contributed by atoms with Crippen molar-refractivity contribution < 1.29 is 4.39 Å². The van der Waals surface area contributed by atoms with Crippen LogP contribution in [0.3, 0.4) is 0 Å². The van der Waals surface area contributed by atoms with E-state index < -0.39 is 0 Å². The molecule has 2 rings (SSSR count). The summed E-state index contributed by atoms with van der Waals surface area (Å²) in [5, 5.41) is 3.42. The molecule has 1 aromatic rings. The van der Waals surface area contributed by atoms with Gasteiger partial charge in [0, 0.05) is 16.8 Å². The number of nitrogens with two attached hydrogens (primary N) is 1. The van der Waals surface area contributed by atoms with E-state index >= 15 is 0 Å². The molecule has 1 aliphatic rings. The largest absolute Gasteiger partial charge is 0.389 e. The van der Waals surface area contributed by atoms with E-state index in [2.05, 4.69) is 12.2 Å². The predicted octanol–water partition coefficient (Wildman–Crippen LogP) is 3.20. The van der Waals surface area contributed by atoms with Crippen molar-refractivity contribution in [2.24, 2.45) is 5.73 Å². The summed E-state index contributed by atoms with van der Waals surface area (Å²) in [6, 6.07) is 4.96. The van der Waals surface area contributed by atoms with Gasteiger partial charge in [0.25, 0.3) is 0 Å². The zero-order chi connectivity index (χ0) is 12.5. The predicted molar refractivity (Wildman–Crippen MR) is 72.8 cm³/mol. The zero-order valence-electron chi connectivity index (χ0n) is 9.92. The molecule has 3 N–H and O–H groups in total. The van der Waals surface area contributed by atoms with E-state index in [1.54, 1.807) is 6.07 Å². The maximum Gasteiger partial charge on any atom is 0.135 e. The Hall–Kier alpha value is -1.16. The lowest BCUT2D eigenvalue weighted by Gasteiger charge is -2.43. The van der Waals surface area contributed by atoms with Gasteiger partial charge in [-0.3, -0.25) is 0 Å². The molecule has 0 aliphatic heterocycles. The Kier molecular flexibility index (Phi) is 3.33. The van der Waals surface area contributed by atoms with E-state index in [0.717, 1.165) is 24.9 Å². The van der Waals surface area contributed by atoms with Crippen molar-refractivity contribution in [3.05, 3.63) is 29.6 Å². The molecule has 2 nitrogen and oxygen atoms in total. The van der Waals surface area contributed by atoms with E-state index in [1.807, 2.05) is 6.07 Å². The molecule has 1 aliphatic carbocycles. The summed E-state index contributed by atoms with van der Waals surface area (Å²) in [5.41, 5.74) is 6.71. The van der Waals surface area contributed by atoms with Crippen LogP contribution in [0.2, 0.25) is 0 Å². The molecule has 1 fully saturated rings. The third-order valence-corrected chi connectivity index (χ3v) is 3.85. The monoisotopic (exact) mass is 252 g/mol. The minimum atomic E-state index is -0.354. The van der Waals surface area contributed by atoms with Crippen LogP contribution in [0.1, 0.15) is 38.2 Å². The van der Waals surface area contributed by atoms with Crippen LogP contribution in [0.4, 0.5) is 10.1 Å². The van der Waals surface area contributed by atoms with Crippen molar-refractivity contribution in [2.75, 3.05) is 5.32 Å². The molecule has 0 amide bonds. The molecule has 1 saturated carbocycles. The second-order valence-electron chi connectivity index (χ2n) is 4.67. The molecule has 0 heterocycles. The summed E-state index contributed by atoms with van der Waals surface area (Å²) in [7, 11) is 0. The highest BCUT2D eigenvalue weighted by Crippen LogP contribution is 2.38. The van der Waals surface area contributed by atoms with Gasteiger partial charge >= 0.3 is 0 Å². The fourth-order valence-electron chi connectivity index (χ4n) is 2.27. The number of thiocarbonyl (C=S) groups is 1. The molecule has 0 aromatic heterocycles. The maximum atomic E-state index is 13.7. The van der Waals surface area contributed by atoms with Gasteiger partial charge in [-0.15, -0.1) is 0 Å². The smallest absolute Gasteiger partial charge is 0.135 e. The highest BCUT2D eigenvalue weighted by atomic mass is 32.1. The van der Waals surface area contributed by atoms with Gasteiger partial charge in [-0.1, -0.05) is 19.1 Å².